The Kier molecular flexibility index (Phi) is 6.40. The van der Waals surface area contributed by atoms with Crippen LogP contribution in [-0.4, -0.2) is 17.3 Å². The maximum absolute atomic E-state index is 11.9. The average Bonchev–Trinajstić information content (AvgIpc) is 2.40. The van der Waals surface area contributed by atoms with Crippen molar-refractivity contribution < 1.29 is 4.79 Å². The van der Waals surface area contributed by atoms with Crippen molar-refractivity contribution in [1.82, 2.24) is 4.98 Å². The maximum Gasteiger partial charge on any atom is 0.179 e. The third-order valence-electron chi connectivity index (χ3n) is 2.93. The van der Waals surface area contributed by atoms with Crippen LogP contribution in [0.1, 0.15) is 62.5 Å². The van der Waals surface area contributed by atoms with Gasteiger partial charge in [-0.3, -0.25) is 9.79 Å². The van der Waals surface area contributed by atoms with Crippen LogP contribution in [0, 0.1) is 0 Å². The lowest BCUT2D eigenvalue weighted by Crippen LogP contribution is -2.16. The molecule has 0 radical (unpaired) electrons. The molecule has 0 spiro atoms. The summed E-state index contributed by atoms with van der Waals surface area (Å²) in [6.07, 6.45) is 4.74. The molecule has 0 fully saturated rings. The van der Waals surface area contributed by atoms with Crippen molar-refractivity contribution in [3.8, 4) is 0 Å². The van der Waals surface area contributed by atoms with Crippen molar-refractivity contribution in [3.05, 3.63) is 28.9 Å². The third kappa shape index (κ3) is 4.13. The molecule has 0 unspecified atom stereocenters. The van der Waals surface area contributed by atoms with Crippen molar-refractivity contribution >= 4 is 5.78 Å². The minimum atomic E-state index is 0.172. The standard InChI is InChI=1S/C15H24N2O/c1-4-7-11-16-14-10-9-12(8-5-2)15(17-14)13(18)6-3/h9-10H,4-8,11H2,1-3H3,(H,16,17). The summed E-state index contributed by atoms with van der Waals surface area (Å²) in [7, 11) is 0. The highest BCUT2D eigenvalue weighted by Crippen LogP contribution is 2.08. The summed E-state index contributed by atoms with van der Waals surface area (Å²) in [5.74, 6) is 0.172. The summed E-state index contributed by atoms with van der Waals surface area (Å²) in [6, 6.07) is 4.01. The highest BCUT2D eigenvalue weighted by Gasteiger charge is 2.09. The van der Waals surface area contributed by atoms with Gasteiger partial charge in [-0.2, -0.15) is 0 Å². The SMILES string of the molecule is CCCCN=c1ccc(CCC)c(C(=O)CC)[nH]1. The zero-order valence-electron chi connectivity index (χ0n) is 11.8. The Labute approximate surface area is 109 Å². The lowest BCUT2D eigenvalue weighted by molar-refractivity contribution is 0.0982. The second-order valence-corrected chi connectivity index (χ2v) is 4.51. The number of H-pyrrole nitrogens is 1. The van der Waals surface area contributed by atoms with Gasteiger partial charge in [0.05, 0.1) is 5.69 Å². The zero-order chi connectivity index (χ0) is 13.4. The first-order valence-corrected chi connectivity index (χ1v) is 6.98. The number of ketones is 1. The van der Waals surface area contributed by atoms with E-state index in [-0.39, 0.29) is 5.78 Å². The van der Waals surface area contributed by atoms with E-state index in [4.69, 9.17) is 0 Å². The Morgan fingerprint density at radius 1 is 1.22 bits per heavy atom. The number of hydrogen-bond acceptors (Lipinski definition) is 2. The minimum Gasteiger partial charge on any atom is -0.337 e. The first kappa shape index (κ1) is 14.7. The van der Waals surface area contributed by atoms with Gasteiger partial charge in [-0.05, 0) is 24.5 Å². The average molecular weight is 248 g/mol. The fourth-order valence-electron chi connectivity index (χ4n) is 1.87. The van der Waals surface area contributed by atoms with Crippen LogP contribution >= 0.6 is 0 Å². The second kappa shape index (κ2) is 7.85. The van der Waals surface area contributed by atoms with Gasteiger partial charge < -0.3 is 4.98 Å². The molecule has 1 N–H and O–H groups in total. The first-order chi connectivity index (χ1) is 8.72. The van der Waals surface area contributed by atoms with Crippen molar-refractivity contribution in [1.29, 1.82) is 0 Å². The molecule has 1 aromatic heterocycles. The molecule has 0 bridgehead atoms. The monoisotopic (exact) mass is 248 g/mol. The van der Waals surface area contributed by atoms with Crippen LogP contribution in [0.15, 0.2) is 17.1 Å². The van der Waals surface area contributed by atoms with Crippen molar-refractivity contribution in [3.63, 3.8) is 0 Å². The van der Waals surface area contributed by atoms with E-state index in [0.29, 0.717) is 6.42 Å². The van der Waals surface area contributed by atoms with Gasteiger partial charge >= 0.3 is 0 Å². The van der Waals surface area contributed by atoms with Crippen LogP contribution in [0.3, 0.4) is 0 Å². The zero-order valence-corrected chi connectivity index (χ0v) is 11.8. The number of carbonyl (C=O) groups is 1. The van der Waals surface area contributed by atoms with Gasteiger partial charge in [0.2, 0.25) is 0 Å². The molecule has 1 aromatic rings. The Hall–Kier alpha value is -1.38. The van der Waals surface area contributed by atoms with Crippen LogP contribution in [0.5, 0.6) is 0 Å². The number of hydrogen-bond donors (Lipinski definition) is 1. The Balaban J connectivity index is 3.04. The predicted molar refractivity (Wildman–Crippen MR) is 74.7 cm³/mol. The number of nitrogens with zero attached hydrogens (tertiary/aromatic N) is 1. The molecule has 1 rings (SSSR count). The number of aromatic nitrogens is 1. The summed E-state index contributed by atoms with van der Waals surface area (Å²) in [5.41, 5.74) is 2.68. The smallest absolute Gasteiger partial charge is 0.179 e. The summed E-state index contributed by atoms with van der Waals surface area (Å²) >= 11 is 0. The van der Waals surface area contributed by atoms with E-state index in [1.807, 2.05) is 19.1 Å². The molecule has 18 heavy (non-hydrogen) atoms. The molecule has 3 nitrogen and oxygen atoms in total. The fourth-order valence-corrected chi connectivity index (χ4v) is 1.87. The topological polar surface area (TPSA) is 45.2 Å². The molecule has 0 aliphatic rings. The van der Waals surface area contributed by atoms with Crippen molar-refractivity contribution in [2.24, 2.45) is 4.99 Å². The highest BCUT2D eigenvalue weighted by atomic mass is 16.1. The van der Waals surface area contributed by atoms with E-state index in [9.17, 15) is 4.79 Å². The molecule has 1 heterocycles. The molecule has 0 aromatic carbocycles. The van der Waals surface area contributed by atoms with Crippen molar-refractivity contribution in [2.45, 2.75) is 52.9 Å². The third-order valence-corrected chi connectivity index (χ3v) is 2.93. The molecule has 3 heteroatoms. The molecule has 0 saturated carbocycles. The van der Waals surface area contributed by atoms with Crippen LogP contribution in [0.4, 0.5) is 0 Å². The summed E-state index contributed by atoms with van der Waals surface area (Å²) in [6.45, 7) is 6.99. The molecule has 0 amide bonds. The maximum atomic E-state index is 11.9. The van der Waals surface area contributed by atoms with Gasteiger partial charge in [-0.25, -0.2) is 0 Å². The van der Waals surface area contributed by atoms with E-state index in [0.717, 1.165) is 49.0 Å². The second-order valence-electron chi connectivity index (χ2n) is 4.51. The minimum absolute atomic E-state index is 0.172. The molecule has 0 aliphatic carbocycles. The molecule has 100 valence electrons. The Morgan fingerprint density at radius 2 is 2.00 bits per heavy atom. The van der Waals surface area contributed by atoms with Gasteiger partial charge in [0.15, 0.2) is 5.78 Å². The van der Waals surface area contributed by atoms with Crippen LogP contribution in [0.2, 0.25) is 0 Å². The largest absolute Gasteiger partial charge is 0.337 e. The van der Waals surface area contributed by atoms with Crippen molar-refractivity contribution in [2.75, 3.05) is 6.54 Å². The van der Waals surface area contributed by atoms with E-state index >= 15 is 0 Å². The number of pyridine rings is 1. The molecule has 0 aliphatic heterocycles. The summed E-state index contributed by atoms with van der Waals surface area (Å²) < 4.78 is 0. The number of carbonyl (C=O) groups excluding carboxylic acids is 1. The first-order valence-electron chi connectivity index (χ1n) is 6.98. The van der Waals surface area contributed by atoms with Gasteiger partial charge in [0.1, 0.15) is 5.49 Å². The van der Waals surface area contributed by atoms with E-state index in [1.54, 1.807) is 0 Å². The Morgan fingerprint density at radius 3 is 2.61 bits per heavy atom. The van der Waals surface area contributed by atoms with E-state index in [1.165, 1.54) is 0 Å². The van der Waals surface area contributed by atoms with Gasteiger partial charge in [-0.1, -0.05) is 39.7 Å². The molecular formula is C15H24N2O. The summed E-state index contributed by atoms with van der Waals surface area (Å²) in [5, 5.41) is 0. The van der Waals surface area contributed by atoms with E-state index in [2.05, 4.69) is 23.8 Å². The molecule has 0 atom stereocenters. The van der Waals surface area contributed by atoms with Crippen LogP contribution in [-0.2, 0) is 6.42 Å². The number of aromatic amines is 1. The predicted octanol–water partition coefficient (Wildman–Crippen LogP) is 3.26. The highest BCUT2D eigenvalue weighted by molar-refractivity contribution is 5.95. The van der Waals surface area contributed by atoms with Gasteiger partial charge in [0, 0.05) is 13.0 Å². The Bertz CT molecular complexity index is 446. The normalized spacial score (nSPS) is 11.8. The number of aryl methyl sites for hydroxylation is 1. The lowest BCUT2D eigenvalue weighted by atomic mass is 10.0. The van der Waals surface area contributed by atoms with E-state index < -0.39 is 0 Å². The number of rotatable bonds is 7. The van der Waals surface area contributed by atoms with Crippen LogP contribution in [0.25, 0.3) is 0 Å². The quantitative estimate of drug-likeness (QED) is 0.584. The summed E-state index contributed by atoms with van der Waals surface area (Å²) in [4.78, 5) is 19.6. The fraction of sp³-hybridized carbons (Fsp3) is 0.600. The van der Waals surface area contributed by atoms with Crippen LogP contribution < -0.4 is 5.49 Å². The molecular weight excluding hydrogens is 224 g/mol. The number of Topliss-reactive ketones (excluding diaryl/α,β-unsaturated/α-hetero) is 1. The number of unbranched alkanes of at least 4 members (excludes halogenated alkanes) is 1. The number of nitrogens with one attached hydrogen (secondary N) is 1. The van der Waals surface area contributed by atoms with Gasteiger partial charge in [-0.15, -0.1) is 0 Å². The van der Waals surface area contributed by atoms with Gasteiger partial charge in [0.25, 0.3) is 0 Å². The lowest BCUT2D eigenvalue weighted by Gasteiger charge is -2.07. The molecule has 0 saturated heterocycles.